The minimum Gasteiger partial charge on any atom is -0.481 e. The lowest BCUT2D eigenvalue weighted by atomic mass is 10.2. The summed E-state index contributed by atoms with van der Waals surface area (Å²) in [5, 5.41) is 6.62. The van der Waals surface area contributed by atoms with Gasteiger partial charge in [0.25, 0.3) is 5.91 Å². The number of nitrogens with zero attached hydrogens (tertiary/aromatic N) is 6. The van der Waals surface area contributed by atoms with Crippen LogP contribution in [0.4, 0.5) is 24.9 Å². The van der Waals surface area contributed by atoms with Crippen LogP contribution in [0.1, 0.15) is 26.5 Å². The Balaban J connectivity index is 1.44. The summed E-state index contributed by atoms with van der Waals surface area (Å²) in [6.07, 6.45) is -0.478. The van der Waals surface area contributed by atoms with Gasteiger partial charge in [-0.3, -0.25) is 4.79 Å². The lowest BCUT2D eigenvalue weighted by Gasteiger charge is -2.17. The van der Waals surface area contributed by atoms with Crippen LogP contribution < -0.4 is 15.4 Å². The molecule has 0 fully saturated rings. The molecule has 0 radical (unpaired) electrons. The number of aromatic nitrogens is 5. The molecule has 0 saturated heterocycles. The summed E-state index contributed by atoms with van der Waals surface area (Å²) < 4.78 is 43.6. The molecule has 14 heteroatoms. The molecule has 0 saturated carbocycles. The van der Waals surface area contributed by atoms with Gasteiger partial charge in [0.2, 0.25) is 11.8 Å². The summed E-state index contributed by atoms with van der Waals surface area (Å²) in [6, 6.07) is 4.40. The highest BCUT2D eigenvalue weighted by molar-refractivity contribution is 7.20. The van der Waals surface area contributed by atoms with Gasteiger partial charge in [0, 0.05) is 45.1 Å². The van der Waals surface area contributed by atoms with Crippen molar-refractivity contribution in [2.45, 2.75) is 19.6 Å². The molecule has 0 aromatic carbocycles. The van der Waals surface area contributed by atoms with Crippen LogP contribution in [0, 0.1) is 6.92 Å². The Labute approximate surface area is 214 Å². The van der Waals surface area contributed by atoms with Crippen LogP contribution in [0.15, 0.2) is 36.9 Å². The number of pyridine rings is 1. The molecule has 37 heavy (non-hydrogen) atoms. The number of rotatable bonds is 9. The highest BCUT2D eigenvalue weighted by Crippen LogP contribution is 2.34. The molecule has 1 amide bonds. The minimum atomic E-state index is -4.55. The molecule has 10 nitrogen and oxygen atoms in total. The maximum absolute atomic E-state index is 13.2. The van der Waals surface area contributed by atoms with E-state index in [-0.39, 0.29) is 18.4 Å². The van der Waals surface area contributed by atoms with Crippen molar-refractivity contribution >= 4 is 39.2 Å². The van der Waals surface area contributed by atoms with E-state index in [1.165, 1.54) is 24.8 Å². The lowest BCUT2D eigenvalue weighted by molar-refractivity contribution is -0.141. The van der Waals surface area contributed by atoms with Crippen molar-refractivity contribution in [1.29, 1.82) is 0 Å². The number of nitrogens with one attached hydrogen (secondary N) is 2. The highest BCUT2D eigenvalue weighted by atomic mass is 32.1. The quantitative estimate of drug-likeness (QED) is 0.308. The number of anilines is 2. The zero-order chi connectivity index (χ0) is 26.6. The summed E-state index contributed by atoms with van der Waals surface area (Å²) in [4.78, 5) is 36.0. The molecule has 0 aliphatic carbocycles. The average molecular weight is 533 g/mol. The molecule has 4 aromatic rings. The fourth-order valence-electron chi connectivity index (χ4n) is 3.55. The third-order valence-corrected chi connectivity index (χ3v) is 6.53. The molecule has 4 aromatic heterocycles. The third-order valence-electron chi connectivity index (χ3n) is 5.34. The number of carbonyl (C=O) groups is 1. The van der Waals surface area contributed by atoms with Gasteiger partial charge in [-0.05, 0) is 30.2 Å². The van der Waals surface area contributed by atoms with E-state index in [4.69, 9.17) is 4.74 Å². The Morgan fingerprint density at radius 3 is 2.62 bits per heavy atom. The molecular formula is C23H23F3N8O2S. The number of methoxy groups -OCH3 is 1. The molecule has 0 spiro atoms. The predicted octanol–water partition coefficient (Wildman–Crippen LogP) is 4.01. The fourth-order valence-corrected chi connectivity index (χ4v) is 4.69. The van der Waals surface area contributed by atoms with Crippen LogP contribution in [0.25, 0.3) is 10.2 Å². The first-order chi connectivity index (χ1) is 17.7. The molecule has 4 heterocycles. The molecule has 0 unspecified atom stereocenters. The second kappa shape index (κ2) is 10.9. The fraction of sp³-hybridized carbons (Fsp3) is 0.304. The first-order valence-corrected chi connectivity index (χ1v) is 11.9. The Kier molecular flexibility index (Phi) is 7.66. The number of alkyl halides is 3. The van der Waals surface area contributed by atoms with E-state index in [1.54, 1.807) is 24.2 Å². The molecule has 0 bridgehead atoms. The second-order valence-corrected chi connectivity index (χ2v) is 8.94. The van der Waals surface area contributed by atoms with Crippen molar-refractivity contribution in [1.82, 2.24) is 29.8 Å². The Hall–Kier alpha value is -4.07. The van der Waals surface area contributed by atoms with Crippen molar-refractivity contribution < 1.29 is 22.7 Å². The minimum absolute atomic E-state index is 0.126. The van der Waals surface area contributed by atoms with E-state index in [0.29, 0.717) is 39.9 Å². The topological polar surface area (TPSA) is 118 Å². The van der Waals surface area contributed by atoms with E-state index in [2.05, 4.69) is 35.6 Å². The van der Waals surface area contributed by atoms with Gasteiger partial charge in [0.05, 0.1) is 17.4 Å². The van der Waals surface area contributed by atoms with Crippen molar-refractivity contribution in [3.05, 3.63) is 58.6 Å². The monoisotopic (exact) mass is 532 g/mol. The second-order valence-electron chi connectivity index (χ2n) is 7.94. The number of carbonyl (C=O) groups excluding carboxylic acids is 1. The molecule has 0 aliphatic rings. The van der Waals surface area contributed by atoms with E-state index in [0.717, 1.165) is 23.4 Å². The normalized spacial score (nSPS) is 11.4. The Morgan fingerprint density at radius 2 is 1.86 bits per heavy atom. The molecule has 4 rings (SSSR count). The molecular weight excluding hydrogens is 509 g/mol. The number of halogens is 3. The van der Waals surface area contributed by atoms with Crippen molar-refractivity contribution in [2.24, 2.45) is 0 Å². The number of hydrogen-bond acceptors (Lipinski definition) is 10. The Morgan fingerprint density at radius 1 is 1.11 bits per heavy atom. The highest BCUT2D eigenvalue weighted by Gasteiger charge is 2.32. The molecule has 0 atom stereocenters. The maximum Gasteiger partial charge on any atom is 0.433 e. The molecule has 0 aliphatic heterocycles. The largest absolute Gasteiger partial charge is 0.481 e. The van der Waals surface area contributed by atoms with Crippen LogP contribution in [-0.2, 0) is 12.7 Å². The summed E-state index contributed by atoms with van der Waals surface area (Å²) in [5.74, 6) is 0.701. The van der Waals surface area contributed by atoms with Gasteiger partial charge in [-0.15, -0.1) is 11.3 Å². The summed E-state index contributed by atoms with van der Waals surface area (Å²) in [6.45, 7) is 2.75. The average Bonchev–Trinajstić information content (AvgIpc) is 3.23. The van der Waals surface area contributed by atoms with Crippen LogP contribution >= 0.6 is 11.3 Å². The number of hydrogen-bond donors (Lipinski definition) is 2. The third kappa shape index (κ3) is 6.02. The maximum atomic E-state index is 13.2. The standard InChI is InChI=1S/C23H23F3N8O2S/c1-13-17-19(28-8-9-30-22-29-7-5-15(33-22)23(24,25)26)31-12-32-20(17)37-18(13)21(35)34(2)11-14-4-6-27-16(10-14)36-3/h4-7,10,12H,8-9,11H2,1-3H3,(H,28,31,32)(H,29,30,33). The van der Waals surface area contributed by atoms with E-state index < -0.39 is 11.9 Å². The zero-order valence-corrected chi connectivity index (χ0v) is 20.9. The first-order valence-electron chi connectivity index (χ1n) is 11.0. The van der Waals surface area contributed by atoms with Gasteiger partial charge in [-0.2, -0.15) is 13.2 Å². The van der Waals surface area contributed by atoms with Gasteiger partial charge < -0.3 is 20.3 Å². The van der Waals surface area contributed by atoms with Crippen LogP contribution in [0.2, 0.25) is 0 Å². The molecule has 194 valence electrons. The number of ether oxygens (including phenoxy) is 1. The van der Waals surface area contributed by atoms with E-state index in [9.17, 15) is 18.0 Å². The van der Waals surface area contributed by atoms with Gasteiger partial charge in [0.1, 0.15) is 22.7 Å². The van der Waals surface area contributed by atoms with E-state index >= 15 is 0 Å². The summed E-state index contributed by atoms with van der Waals surface area (Å²) >= 11 is 1.27. The number of thiophene rings is 1. The van der Waals surface area contributed by atoms with Crippen LogP contribution in [0.3, 0.4) is 0 Å². The summed E-state index contributed by atoms with van der Waals surface area (Å²) in [7, 11) is 3.24. The van der Waals surface area contributed by atoms with E-state index in [1.807, 2.05) is 13.0 Å². The zero-order valence-electron chi connectivity index (χ0n) is 20.1. The van der Waals surface area contributed by atoms with Crippen LogP contribution in [-0.4, -0.2) is 63.0 Å². The van der Waals surface area contributed by atoms with Crippen molar-refractivity contribution in [3.8, 4) is 5.88 Å². The molecule has 2 N–H and O–H groups in total. The number of fused-ring (bicyclic) bond motifs is 1. The van der Waals surface area contributed by atoms with Crippen molar-refractivity contribution in [3.63, 3.8) is 0 Å². The number of aryl methyl sites for hydroxylation is 1. The van der Waals surface area contributed by atoms with Gasteiger partial charge >= 0.3 is 6.18 Å². The lowest BCUT2D eigenvalue weighted by Crippen LogP contribution is -2.26. The first kappa shape index (κ1) is 26.0. The van der Waals surface area contributed by atoms with Crippen molar-refractivity contribution in [2.75, 3.05) is 37.9 Å². The van der Waals surface area contributed by atoms with Gasteiger partial charge in [0.15, 0.2) is 0 Å². The Bertz CT molecular complexity index is 1410. The number of amides is 1. The predicted molar refractivity (Wildman–Crippen MR) is 133 cm³/mol. The smallest absolute Gasteiger partial charge is 0.433 e. The SMILES string of the molecule is COc1cc(CN(C)C(=O)c2sc3ncnc(NCCNc4nccc(C(F)(F)F)n4)c3c2C)ccn1. The van der Waals surface area contributed by atoms with Gasteiger partial charge in [-0.25, -0.2) is 24.9 Å². The van der Waals surface area contributed by atoms with Crippen LogP contribution in [0.5, 0.6) is 5.88 Å². The van der Waals surface area contributed by atoms with Gasteiger partial charge in [-0.1, -0.05) is 0 Å². The summed E-state index contributed by atoms with van der Waals surface area (Å²) in [5.41, 5.74) is 0.594.